The van der Waals surface area contributed by atoms with E-state index in [9.17, 15) is 8.42 Å². The molecule has 2 heterocycles. The molecule has 3 rings (SSSR count). The van der Waals surface area contributed by atoms with Gasteiger partial charge in [0, 0.05) is 25.7 Å². The van der Waals surface area contributed by atoms with Gasteiger partial charge in [-0.3, -0.25) is 4.90 Å². The molecule has 1 aromatic carbocycles. The molecular weight excluding hydrogens is 356 g/mol. The molecule has 7 heteroatoms. The summed E-state index contributed by atoms with van der Waals surface area (Å²) in [6, 6.07) is 11.9. The number of benzene rings is 1. The minimum Gasteiger partial charge on any atom is -0.379 e. The van der Waals surface area contributed by atoms with Crippen molar-refractivity contribution in [3.63, 3.8) is 0 Å². The molecule has 0 spiro atoms. The smallest absolute Gasteiger partial charge is 0.250 e. The molecule has 2 aromatic rings. The second kappa shape index (κ2) is 8.42. The highest BCUT2D eigenvalue weighted by molar-refractivity contribution is 7.91. The first kappa shape index (κ1) is 18.5. The molecule has 0 amide bonds. The Kier molecular flexibility index (Phi) is 6.24. The number of aryl methyl sites for hydroxylation is 1. The topological polar surface area (TPSA) is 58.6 Å². The quantitative estimate of drug-likeness (QED) is 0.802. The van der Waals surface area contributed by atoms with Crippen LogP contribution in [0.1, 0.15) is 24.1 Å². The Balaban J connectivity index is 1.78. The Bertz CT molecular complexity index is 752. The summed E-state index contributed by atoms with van der Waals surface area (Å²) < 4.78 is 33.5. The van der Waals surface area contributed by atoms with E-state index in [2.05, 4.69) is 40.8 Å². The summed E-state index contributed by atoms with van der Waals surface area (Å²) in [5, 5.41) is 1.78. The molecule has 1 aliphatic heterocycles. The van der Waals surface area contributed by atoms with E-state index in [0.717, 1.165) is 25.1 Å². The fraction of sp³-hybridized carbons (Fsp3) is 0.444. The van der Waals surface area contributed by atoms with Crippen LogP contribution in [0.4, 0.5) is 0 Å². The van der Waals surface area contributed by atoms with E-state index in [-0.39, 0.29) is 6.04 Å². The number of hydrogen-bond acceptors (Lipinski definition) is 5. The number of nitrogens with zero attached hydrogens (tertiary/aromatic N) is 1. The summed E-state index contributed by atoms with van der Waals surface area (Å²) in [5.74, 6) is 0. The van der Waals surface area contributed by atoms with Crippen LogP contribution in [0.15, 0.2) is 46.0 Å². The van der Waals surface area contributed by atoms with Gasteiger partial charge in [0.15, 0.2) is 0 Å². The molecule has 1 N–H and O–H groups in total. The molecule has 0 radical (unpaired) electrons. The molecule has 1 aromatic heterocycles. The number of rotatable bonds is 7. The van der Waals surface area contributed by atoms with Crippen molar-refractivity contribution in [2.24, 2.45) is 0 Å². The fourth-order valence-corrected chi connectivity index (χ4v) is 5.07. The average molecular weight is 381 g/mol. The molecule has 1 fully saturated rings. The summed E-state index contributed by atoms with van der Waals surface area (Å²) >= 11 is 1.23. The zero-order chi connectivity index (χ0) is 17.7. The maximum atomic E-state index is 12.5. The van der Waals surface area contributed by atoms with E-state index in [1.807, 2.05) is 0 Å². The zero-order valence-electron chi connectivity index (χ0n) is 14.3. The van der Waals surface area contributed by atoms with Crippen molar-refractivity contribution in [1.82, 2.24) is 9.62 Å². The van der Waals surface area contributed by atoms with Crippen LogP contribution in [0.25, 0.3) is 0 Å². The van der Waals surface area contributed by atoms with Crippen LogP contribution in [0.5, 0.6) is 0 Å². The van der Waals surface area contributed by atoms with Gasteiger partial charge in [0.25, 0.3) is 0 Å². The Morgan fingerprint density at radius 1 is 1.20 bits per heavy atom. The molecule has 0 saturated carbocycles. The highest BCUT2D eigenvalue weighted by atomic mass is 32.2. The second-order valence-corrected chi connectivity index (χ2v) is 8.98. The van der Waals surface area contributed by atoms with E-state index < -0.39 is 10.0 Å². The van der Waals surface area contributed by atoms with Gasteiger partial charge in [-0.1, -0.05) is 37.3 Å². The van der Waals surface area contributed by atoms with E-state index in [0.29, 0.717) is 24.0 Å². The fourth-order valence-electron chi connectivity index (χ4n) is 3.00. The molecule has 0 bridgehead atoms. The summed E-state index contributed by atoms with van der Waals surface area (Å²) in [5.41, 5.74) is 2.41. The lowest BCUT2D eigenvalue weighted by Gasteiger charge is -2.35. The van der Waals surface area contributed by atoms with Crippen molar-refractivity contribution >= 4 is 21.4 Å². The molecule has 1 saturated heterocycles. The third kappa shape index (κ3) is 4.68. The Morgan fingerprint density at radius 3 is 2.52 bits per heavy atom. The predicted octanol–water partition coefficient (Wildman–Crippen LogP) is 2.66. The standard InChI is InChI=1S/C18H24N2O3S2/c1-2-15-5-7-16(8-6-15)17(20-9-11-23-12-10-20)14-19-25(21,22)18-4-3-13-24-18/h3-8,13,17,19H,2,9-12,14H2,1H3. The van der Waals surface area contributed by atoms with Crippen LogP contribution in [0.3, 0.4) is 0 Å². The van der Waals surface area contributed by atoms with Crippen LogP contribution in [0.2, 0.25) is 0 Å². The first-order chi connectivity index (χ1) is 12.1. The molecule has 1 unspecified atom stereocenters. The summed E-state index contributed by atoms with van der Waals surface area (Å²) in [7, 11) is -3.46. The lowest BCUT2D eigenvalue weighted by Crippen LogP contribution is -2.43. The van der Waals surface area contributed by atoms with E-state index in [1.54, 1.807) is 17.5 Å². The van der Waals surface area contributed by atoms with Gasteiger partial charge < -0.3 is 4.74 Å². The third-order valence-electron chi connectivity index (χ3n) is 4.49. The largest absolute Gasteiger partial charge is 0.379 e. The normalized spacial score (nSPS) is 17.5. The number of thiophene rings is 1. The Hall–Kier alpha value is -1.25. The van der Waals surface area contributed by atoms with Crippen molar-refractivity contribution in [2.75, 3.05) is 32.8 Å². The number of nitrogens with one attached hydrogen (secondary N) is 1. The highest BCUT2D eigenvalue weighted by Gasteiger charge is 2.25. The van der Waals surface area contributed by atoms with Crippen molar-refractivity contribution in [3.8, 4) is 0 Å². The summed E-state index contributed by atoms with van der Waals surface area (Å²) in [4.78, 5) is 2.29. The van der Waals surface area contributed by atoms with Crippen LogP contribution in [-0.4, -0.2) is 46.2 Å². The van der Waals surface area contributed by atoms with Crippen molar-refractivity contribution in [2.45, 2.75) is 23.6 Å². The lowest BCUT2D eigenvalue weighted by atomic mass is 10.0. The van der Waals surface area contributed by atoms with Gasteiger partial charge in [0.2, 0.25) is 10.0 Å². The summed E-state index contributed by atoms with van der Waals surface area (Å²) in [6.45, 7) is 5.46. The average Bonchev–Trinajstić information content (AvgIpc) is 3.19. The van der Waals surface area contributed by atoms with Crippen LogP contribution in [0, 0.1) is 0 Å². The molecule has 1 aliphatic rings. The Morgan fingerprint density at radius 2 is 1.92 bits per heavy atom. The lowest BCUT2D eigenvalue weighted by molar-refractivity contribution is 0.0172. The van der Waals surface area contributed by atoms with Crippen LogP contribution in [-0.2, 0) is 21.2 Å². The van der Waals surface area contributed by atoms with Gasteiger partial charge >= 0.3 is 0 Å². The molecule has 1 atom stereocenters. The molecule has 5 nitrogen and oxygen atoms in total. The van der Waals surface area contributed by atoms with E-state index in [1.165, 1.54) is 16.9 Å². The molecule has 25 heavy (non-hydrogen) atoms. The van der Waals surface area contributed by atoms with Crippen molar-refractivity contribution < 1.29 is 13.2 Å². The SMILES string of the molecule is CCc1ccc(C(CNS(=O)(=O)c2cccs2)N2CCOCC2)cc1. The summed E-state index contributed by atoms with van der Waals surface area (Å²) in [6.07, 6.45) is 0.994. The van der Waals surface area contributed by atoms with Crippen molar-refractivity contribution in [1.29, 1.82) is 0 Å². The van der Waals surface area contributed by atoms with Crippen LogP contribution >= 0.6 is 11.3 Å². The van der Waals surface area contributed by atoms with Gasteiger partial charge in [0.05, 0.1) is 13.2 Å². The zero-order valence-corrected chi connectivity index (χ0v) is 16.0. The first-order valence-corrected chi connectivity index (χ1v) is 10.9. The van der Waals surface area contributed by atoms with Crippen LogP contribution < -0.4 is 4.72 Å². The highest BCUT2D eigenvalue weighted by Crippen LogP contribution is 2.23. The number of sulfonamides is 1. The predicted molar refractivity (Wildman–Crippen MR) is 100 cm³/mol. The van der Waals surface area contributed by atoms with Gasteiger partial charge in [0.1, 0.15) is 4.21 Å². The van der Waals surface area contributed by atoms with E-state index in [4.69, 9.17) is 4.74 Å². The third-order valence-corrected chi connectivity index (χ3v) is 7.31. The second-order valence-electron chi connectivity index (χ2n) is 6.04. The Labute approximate surface area is 153 Å². The van der Waals surface area contributed by atoms with E-state index >= 15 is 0 Å². The number of hydrogen-bond donors (Lipinski definition) is 1. The number of ether oxygens (including phenoxy) is 1. The van der Waals surface area contributed by atoms with Gasteiger partial charge in [-0.2, -0.15) is 0 Å². The first-order valence-electron chi connectivity index (χ1n) is 8.54. The number of morpholine rings is 1. The molecule has 0 aliphatic carbocycles. The minimum absolute atomic E-state index is 0.00421. The van der Waals surface area contributed by atoms with Crippen molar-refractivity contribution in [3.05, 3.63) is 52.9 Å². The molecule has 136 valence electrons. The van der Waals surface area contributed by atoms with Gasteiger partial charge in [-0.25, -0.2) is 13.1 Å². The minimum atomic E-state index is -3.46. The van der Waals surface area contributed by atoms with Gasteiger partial charge in [-0.05, 0) is 29.0 Å². The molecular formula is C18H24N2O3S2. The maximum Gasteiger partial charge on any atom is 0.250 e. The monoisotopic (exact) mass is 380 g/mol. The van der Waals surface area contributed by atoms with Gasteiger partial charge in [-0.15, -0.1) is 11.3 Å². The maximum absolute atomic E-state index is 12.5.